The van der Waals surface area contributed by atoms with E-state index >= 15 is 0 Å². The third kappa shape index (κ3) is 5.77. The molecule has 1 N–H and O–H groups in total. The second-order valence-corrected chi connectivity index (χ2v) is 13.1. The summed E-state index contributed by atoms with van der Waals surface area (Å²) in [5.41, 5.74) is 11.7. The lowest BCUT2D eigenvalue weighted by Gasteiger charge is -2.27. The zero-order chi connectivity index (χ0) is 34.9. The molecule has 0 amide bonds. The van der Waals surface area contributed by atoms with E-state index in [0.717, 1.165) is 61.2 Å². The van der Waals surface area contributed by atoms with Gasteiger partial charge in [0.25, 0.3) is 0 Å². The van der Waals surface area contributed by atoms with Crippen LogP contribution in [0.1, 0.15) is 0 Å². The van der Waals surface area contributed by atoms with Crippen LogP contribution < -0.4 is 4.90 Å². The zero-order valence-corrected chi connectivity index (χ0v) is 28.5. The Hall–Kier alpha value is -6.90. The molecular weight excluding hydrogens is 631 g/mol. The van der Waals surface area contributed by atoms with E-state index in [1.807, 2.05) is 36.4 Å². The quantitative estimate of drug-likeness (QED) is 0.183. The average Bonchev–Trinajstić information content (AvgIpc) is 3.22. The lowest BCUT2D eigenvalue weighted by molar-refractivity contribution is 0.483. The Balaban J connectivity index is 1.25. The first kappa shape index (κ1) is 31.1. The third-order valence-electron chi connectivity index (χ3n) is 10.00. The SMILES string of the molecule is Oc1c(-c2cc(N(c3ccc(-c4ccccc4)cc3)c3ccc(-c4ccccc4)cc3)ccc2-c2cccc3ccccc23)ccc2ccccc12. The van der Waals surface area contributed by atoms with Crippen LogP contribution in [0.4, 0.5) is 17.1 Å². The Labute approximate surface area is 304 Å². The molecule has 9 rings (SSSR count). The van der Waals surface area contributed by atoms with E-state index in [-0.39, 0.29) is 5.75 Å². The summed E-state index contributed by atoms with van der Waals surface area (Å²) in [5, 5.41) is 16.1. The minimum atomic E-state index is 0.280. The van der Waals surface area contributed by atoms with Crippen LogP contribution in [0, 0.1) is 0 Å². The van der Waals surface area contributed by atoms with Gasteiger partial charge in [-0.1, -0.05) is 164 Å². The molecule has 0 aromatic heterocycles. The smallest absolute Gasteiger partial charge is 0.131 e. The molecule has 0 bridgehead atoms. The van der Waals surface area contributed by atoms with Gasteiger partial charge in [-0.2, -0.15) is 0 Å². The second kappa shape index (κ2) is 13.4. The van der Waals surface area contributed by atoms with Gasteiger partial charge in [-0.25, -0.2) is 0 Å². The Bertz CT molecular complexity index is 2580. The summed E-state index contributed by atoms with van der Waals surface area (Å²) in [5.74, 6) is 0.280. The van der Waals surface area contributed by atoms with Gasteiger partial charge in [0.1, 0.15) is 5.75 Å². The van der Waals surface area contributed by atoms with Crippen LogP contribution in [0.3, 0.4) is 0 Å². The first-order chi connectivity index (χ1) is 25.7. The van der Waals surface area contributed by atoms with Crippen molar-refractivity contribution in [3.8, 4) is 50.3 Å². The van der Waals surface area contributed by atoms with Crippen molar-refractivity contribution < 1.29 is 5.11 Å². The van der Waals surface area contributed by atoms with E-state index in [9.17, 15) is 5.11 Å². The van der Waals surface area contributed by atoms with Crippen molar-refractivity contribution in [1.82, 2.24) is 0 Å². The monoisotopic (exact) mass is 665 g/mol. The number of phenols is 1. The van der Waals surface area contributed by atoms with Gasteiger partial charge >= 0.3 is 0 Å². The maximum Gasteiger partial charge on any atom is 0.131 e. The number of hydrogen-bond donors (Lipinski definition) is 1. The average molecular weight is 666 g/mol. The van der Waals surface area contributed by atoms with Crippen molar-refractivity contribution in [2.24, 2.45) is 0 Å². The van der Waals surface area contributed by atoms with Gasteiger partial charge in [-0.05, 0) is 97.6 Å². The third-order valence-corrected chi connectivity index (χ3v) is 10.00. The molecule has 0 atom stereocenters. The van der Waals surface area contributed by atoms with E-state index < -0.39 is 0 Å². The van der Waals surface area contributed by atoms with E-state index in [1.165, 1.54) is 21.9 Å². The zero-order valence-electron chi connectivity index (χ0n) is 28.5. The van der Waals surface area contributed by atoms with Crippen molar-refractivity contribution in [2.75, 3.05) is 4.90 Å². The van der Waals surface area contributed by atoms with Gasteiger partial charge in [0.2, 0.25) is 0 Å². The number of aromatic hydroxyl groups is 1. The Morgan fingerprint density at radius 2 is 0.750 bits per heavy atom. The number of phenolic OH excluding ortho intramolecular Hbond substituents is 1. The first-order valence-electron chi connectivity index (χ1n) is 17.7. The summed E-state index contributed by atoms with van der Waals surface area (Å²) in [7, 11) is 0. The molecule has 0 aliphatic heterocycles. The highest BCUT2D eigenvalue weighted by atomic mass is 16.3. The summed E-state index contributed by atoms with van der Waals surface area (Å²) >= 11 is 0. The Morgan fingerprint density at radius 3 is 1.37 bits per heavy atom. The summed E-state index contributed by atoms with van der Waals surface area (Å²) in [6.45, 7) is 0. The molecule has 0 saturated carbocycles. The molecule has 0 aliphatic carbocycles. The van der Waals surface area contributed by atoms with E-state index in [1.54, 1.807) is 0 Å². The lowest BCUT2D eigenvalue weighted by Crippen LogP contribution is -2.10. The molecule has 0 radical (unpaired) electrons. The molecule has 9 aromatic rings. The highest BCUT2D eigenvalue weighted by Gasteiger charge is 2.20. The van der Waals surface area contributed by atoms with Crippen LogP contribution in [0.25, 0.3) is 66.1 Å². The normalized spacial score (nSPS) is 11.2. The topological polar surface area (TPSA) is 23.5 Å². The van der Waals surface area contributed by atoms with Crippen molar-refractivity contribution >= 4 is 38.6 Å². The molecular formula is C50H35NO. The van der Waals surface area contributed by atoms with Gasteiger partial charge in [0, 0.05) is 28.0 Å². The number of benzene rings is 9. The minimum Gasteiger partial charge on any atom is -0.507 e. The van der Waals surface area contributed by atoms with Gasteiger partial charge in [0.05, 0.1) is 0 Å². The predicted octanol–water partition coefficient (Wildman–Crippen LogP) is 13.8. The molecule has 0 saturated heterocycles. The molecule has 2 nitrogen and oxygen atoms in total. The van der Waals surface area contributed by atoms with Crippen LogP contribution in [-0.2, 0) is 0 Å². The number of fused-ring (bicyclic) bond motifs is 2. The molecule has 0 fully saturated rings. The second-order valence-electron chi connectivity index (χ2n) is 13.1. The lowest BCUT2D eigenvalue weighted by atomic mass is 9.89. The molecule has 0 heterocycles. The van der Waals surface area contributed by atoms with Gasteiger partial charge < -0.3 is 10.0 Å². The molecule has 2 heteroatoms. The summed E-state index contributed by atoms with van der Waals surface area (Å²) < 4.78 is 0. The van der Waals surface area contributed by atoms with E-state index in [4.69, 9.17) is 0 Å². The van der Waals surface area contributed by atoms with Gasteiger partial charge in [-0.15, -0.1) is 0 Å². The fourth-order valence-corrected chi connectivity index (χ4v) is 7.38. The van der Waals surface area contributed by atoms with Crippen LogP contribution in [0.15, 0.2) is 206 Å². The maximum atomic E-state index is 11.9. The summed E-state index contributed by atoms with van der Waals surface area (Å²) in [6.07, 6.45) is 0. The number of anilines is 3. The van der Waals surface area contributed by atoms with Crippen molar-refractivity contribution in [3.63, 3.8) is 0 Å². The number of rotatable bonds is 7. The minimum absolute atomic E-state index is 0.280. The Morgan fingerprint density at radius 1 is 0.288 bits per heavy atom. The fourth-order valence-electron chi connectivity index (χ4n) is 7.38. The van der Waals surface area contributed by atoms with Gasteiger partial charge in [0.15, 0.2) is 0 Å². The van der Waals surface area contributed by atoms with Crippen LogP contribution in [0.2, 0.25) is 0 Å². The van der Waals surface area contributed by atoms with Gasteiger partial charge in [-0.3, -0.25) is 0 Å². The molecule has 0 unspecified atom stereocenters. The van der Waals surface area contributed by atoms with E-state index in [2.05, 4.69) is 175 Å². The molecule has 9 aromatic carbocycles. The summed E-state index contributed by atoms with van der Waals surface area (Å²) in [6, 6.07) is 72.3. The summed E-state index contributed by atoms with van der Waals surface area (Å²) in [4.78, 5) is 2.30. The molecule has 0 spiro atoms. The number of hydrogen-bond acceptors (Lipinski definition) is 2. The molecule has 246 valence electrons. The maximum absolute atomic E-state index is 11.9. The van der Waals surface area contributed by atoms with Crippen LogP contribution in [-0.4, -0.2) is 5.11 Å². The van der Waals surface area contributed by atoms with Crippen LogP contribution >= 0.6 is 0 Å². The Kier molecular flexibility index (Phi) is 8.03. The van der Waals surface area contributed by atoms with Crippen LogP contribution in [0.5, 0.6) is 5.75 Å². The largest absolute Gasteiger partial charge is 0.507 e. The van der Waals surface area contributed by atoms with Crippen molar-refractivity contribution in [1.29, 1.82) is 0 Å². The standard InChI is InChI=1S/C50H35NO/c52-50-45-20-10-8-17-40(45)26-32-48(50)49-34-43(31-33-47(49)46-21-11-18-39-16-7-9-19-44(39)46)51(41-27-22-37(23-28-41)35-12-3-1-4-13-35)42-29-24-38(25-30-42)36-14-5-2-6-15-36/h1-34,52H. The predicted molar refractivity (Wildman–Crippen MR) is 220 cm³/mol. The van der Waals surface area contributed by atoms with Crippen molar-refractivity contribution in [2.45, 2.75) is 0 Å². The highest BCUT2D eigenvalue weighted by Crippen LogP contribution is 2.46. The highest BCUT2D eigenvalue weighted by molar-refractivity contribution is 6.04. The van der Waals surface area contributed by atoms with E-state index in [0.29, 0.717) is 0 Å². The molecule has 0 aliphatic rings. The molecule has 52 heavy (non-hydrogen) atoms. The first-order valence-corrected chi connectivity index (χ1v) is 17.7. The number of nitrogens with zero attached hydrogens (tertiary/aromatic N) is 1. The van der Waals surface area contributed by atoms with Crippen molar-refractivity contribution in [3.05, 3.63) is 206 Å². The fraction of sp³-hybridized carbons (Fsp3) is 0.